The van der Waals surface area contributed by atoms with E-state index in [2.05, 4.69) is 24.4 Å². The van der Waals surface area contributed by atoms with Crippen LogP contribution in [0.25, 0.3) is 0 Å². The zero-order chi connectivity index (χ0) is 15.8. The second-order valence-electron chi connectivity index (χ2n) is 4.99. The fourth-order valence-electron chi connectivity index (χ4n) is 1.94. The van der Waals surface area contributed by atoms with Crippen LogP contribution < -0.4 is 10.2 Å². The summed E-state index contributed by atoms with van der Waals surface area (Å²) in [5.41, 5.74) is 4.55. The lowest BCUT2D eigenvalue weighted by atomic mass is 9.98. The van der Waals surface area contributed by atoms with E-state index < -0.39 is 0 Å². The number of carbonyl (C=O) groups excluding carboxylic acids is 1. The molecule has 0 aliphatic carbocycles. The number of rotatable bonds is 7. The number of nitrogens with one attached hydrogen (secondary N) is 1. The number of hydrogen-bond donors (Lipinski definition) is 1. The standard InChI is InChI=1S/C17H20N2O2S/c1-3-13(2)15-6-4-5-7-16(15)21-11-17(20)19-18-10-14-8-9-22-12-14/h4-10,12-13H,3,11H2,1-2H3,(H,19,20)/b18-10-/t13-/m1/s1. The fourth-order valence-corrected chi connectivity index (χ4v) is 2.55. The van der Waals surface area contributed by atoms with Crippen LogP contribution >= 0.6 is 11.3 Å². The Morgan fingerprint density at radius 3 is 2.95 bits per heavy atom. The number of para-hydroxylation sites is 1. The van der Waals surface area contributed by atoms with Crippen molar-refractivity contribution in [2.24, 2.45) is 5.10 Å². The molecular formula is C17H20N2O2S. The molecular weight excluding hydrogens is 296 g/mol. The molecule has 0 saturated heterocycles. The van der Waals surface area contributed by atoms with Gasteiger partial charge in [0.25, 0.3) is 5.91 Å². The van der Waals surface area contributed by atoms with E-state index in [4.69, 9.17) is 4.74 Å². The Morgan fingerprint density at radius 1 is 1.41 bits per heavy atom. The van der Waals surface area contributed by atoms with Gasteiger partial charge in [0, 0.05) is 5.56 Å². The summed E-state index contributed by atoms with van der Waals surface area (Å²) in [7, 11) is 0. The Hall–Kier alpha value is -2.14. The molecule has 2 aromatic rings. The highest BCUT2D eigenvalue weighted by atomic mass is 32.1. The monoisotopic (exact) mass is 316 g/mol. The van der Waals surface area contributed by atoms with E-state index in [1.807, 2.05) is 41.1 Å². The maximum absolute atomic E-state index is 11.7. The van der Waals surface area contributed by atoms with Gasteiger partial charge in [-0.15, -0.1) is 0 Å². The molecule has 1 heterocycles. The molecule has 1 atom stereocenters. The van der Waals surface area contributed by atoms with Gasteiger partial charge in [-0.25, -0.2) is 5.43 Å². The molecule has 0 fully saturated rings. The van der Waals surface area contributed by atoms with Gasteiger partial charge in [-0.2, -0.15) is 16.4 Å². The van der Waals surface area contributed by atoms with Gasteiger partial charge in [0.15, 0.2) is 6.61 Å². The van der Waals surface area contributed by atoms with Crippen molar-refractivity contribution in [2.45, 2.75) is 26.2 Å². The van der Waals surface area contributed by atoms with Crippen LogP contribution in [-0.4, -0.2) is 18.7 Å². The maximum atomic E-state index is 11.7. The van der Waals surface area contributed by atoms with Crippen LogP contribution in [-0.2, 0) is 4.79 Å². The van der Waals surface area contributed by atoms with Gasteiger partial charge < -0.3 is 4.74 Å². The molecule has 1 aromatic heterocycles. The van der Waals surface area contributed by atoms with E-state index in [1.165, 1.54) is 0 Å². The molecule has 0 radical (unpaired) electrons. The zero-order valence-electron chi connectivity index (χ0n) is 12.8. The molecule has 116 valence electrons. The smallest absolute Gasteiger partial charge is 0.277 e. The van der Waals surface area contributed by atoms with E-state index >= 15 is 0 Å². The van der Waals surface area contributed by atoms with Gasteiger partial charge in [0.1, 0.15) is 5.75 Å². The molecule has 4 nitrogen and oxygen atoms in total. The van der Waals surface area contributed by atoms with Crippen LogP contribution in [0.1, 0.15) is 37.3 Å². The number of benzene rings is 1. The number of hydrogen-bond acceptors (Lipinski definition) is 4. The van der Waals surface area contributed by atoms with Crippen LogP contribution in [0.4, 0.5) is 0 Å². The van der Waals surface area contributed by atoms with Gasteiger partial charge in [-0.1, -0.05) is 32.0 Å². The highest BCUT2D eigenvalue weighted by Crippen LogP contribution is 2.28. The van der Waals surface area contributed by atoms with Crippen molar-refractivity contribution in [3.8, 4) is 5.75 Å². The Balaban J connectivity index is 1.86. The molecule has 5 heteroatoms. The number of hydrazone groups is 1. The first kappa shape index (κ1) is 16.2. The van der Waals surface area contributed by atoms with Gasteiger partial charge in [-0.3, -0.25) is 4.79 Å². The first-order chi connectivity index (χ1) is 10.7. The Bertz CT molecular complexity index is 623. The van der Waals surface area contributed by atoms with Gasteiger partial charge in [0.05, 0.1) is 6.21 Å². The number of amides is 1. The number of ether oxygens (including phenoxy) is 1. The molecule has 0 bridgehead atoms. The van der Waals surface area contributed by atoms with Gasteiger partial charge in [-0.05, 0) is 40.8 Å². The summed E-state index contributed by atoms with van der Waals surface area (Å²) in [6, 6.07) is 9.76. The lowest BCUT2D eigenvalue weighted by Gasteiger charge is -2.15. The summed E-state index contributed by atoms with van der Waals surface area (Å²) in [6.07, 6.45) is 2.64. The average molecular weight is 316 g/mol. The molecule has 0 unspecified atom stereocenters. The van der Waals surface area contributed by atoms with Crippen molar-refractivity contribution < 1.29 is 9.53 Å². The molecule has 0 aliphatic heterocycles. The highest BCUT2D eigenvalue weighted by molar-refractivity contribution is 7.08. The third kappa shape index (κ3) is 4.70. The summed E-state index contributed by atoms with van der Waals surface area (Å²) in [6.45, 7) is 4.23. The topological polar surface area (TPSA) is 50.7 Å². The quantitative estimate of drug-likeness (QED) is 0.624. The minimum Gasteiger partial charge on any atom is -0.483 e. The van der Waals surface area contributed by atoms with Crippen molar-refractivity contribution in [3.05, 3.63) is 52.2 Å². The van der Waals surface area contributed by atoms with Crippen molar-refractivity contribution in [3.63, 3.8) is 0 Å². The molecule has 0 spiro atoms. The summed E-state index contributed by atoms with van der Waals surface area (Å²) < 4.78 is 5.63. The molecule has 1 N–H and O–H groups in total. The van der Waals surface area contributed by atoms with Crippen molar-refractivity contribution in [1.82, 2.24) is 5.43 Å². The van der Waals surface area contributed by atoms with Crippen molar-refractivity contribution in [1.29, 1.82) is 0 Å². The first-order valence-corrected chi connectivity index (χ1v) is 8.20. The normalized spacial score (nSPS) is 12.3. The van der Waals surface area contributed by atoms with Crippen LogP contribution in [0.2, 0.25) is 0 Å². The predicted octanol–water partition coefficient (Wildman–Crippen LogP) is 3.79. The highest BCUT2D eigenvalue weighted by Gasteiger charge is 2.10. The maximum Gasteiger partial charge on any atom is 0.277 e. The van der Waals surface area contributed by atoms with Crippen molar-refractivity contribution >= 4 is 23.5 Å². The van der Waals surface area contributed by atoms with E-state index in [0.717, 1.165) is 23.3 Å². The van der Waals surface area contributed by atoms with Gasteiger partial charge in [0.2, 0.25) is 0 Å². The van der Waals surface area contributed by atoms with Crippen LogP contribution in [0.5, 0.6) is 5.75 Å². The Labute approximate surface area is 134 Å². The van der Waals surface area contributed by atoms with Crippen molar-refractivity contribution in [2.75, 3.05) is 6.61 Å². The second kappa shape index (κ2) is 8.34. The molecule has 0 saturated carbocycles. The van der Waals surface area contributed by atoms with Crippen LogP contribution in [0.15, 0.2) is 46.2 Å². The third-order valence-electron chi connectivity index (χ3n) is 3.37. The summed E-state index contributed by atoms with van der Waals surface area (Å²) >= 11 is 1.58. The molecule has 2 rings (SSSR count). The van der Waals surface area contributed by atoms with E-state index in [9.17, 15) is 4.79 Å². The largest absolute Gasteiger partial charge is 0.483 e. The van der Waals surface area contributed by atoms with E-state index in [-0.39, 0.29) is 12.5 Å². The van der Waals surface area contributed by atoms with Crippen LogP contribution in [0, 0.1) is 0 Å². The first-order valence-electron chi connectivity index (χ1n) is 7.26. The lowest BCUT2D eigenvalue weighted by Crippen LogP contribution is -2.24. The minimum atomic E-state index is -0.273. The lowest BCUT2D eigenvalue weighted by molar-refractivity contribution is -0.123. The summed E-state index contributed by atoms with van der Waals surface area (Å²) in [5.74, 6) is 0.884. The average Bonchev–Trinajstić information content (AvgIpc) is 3.06. The molecule has 22 heavy (non-hydrogen) atoms. The van der Waals surface area contributed by atoms with E-state index in [1.54, 1.807) is 17.6 Å². The summed E-state index contributed by atoms with van der Waals surface area (Å²) in [4.78, 5) is 11.7. The fraction of sp³-hybridized carbons (Fsp3) is 0.294. The summed E-state index contributed by atoms with van der Waals surface area (Å²) in [5, 5.41) is 7.81. The minimum absolute atomic E-state index is 0.0472. The van der Waals surface area contributed by atoms with E-state index in [0.29, 0.717) is 5.92 Å². The van der Waals surface area contributed by atoms with Gasteiger partial charge >= 0.3 is 0 Å². The van der Waals surface area contributed by atoms with Crippen LogP contribution in [0.3, 0.4) is 0 Å². The Kier molecular flexibility index (Phi) is 6.15. The number of thiophene rings is 1. The third-order valence-corrected chi connectivity index (χ3v) is 4.07. The molecule has 0 aliphatic rings. The Morgan fingerprint density at radius 2 is 2.23 bits per heavy atom. The predicted molar refractivity (Wildman–Crippen MR) is 90.7 cm³/mol. The number of nitrogens with zero attached hydrogens (tertiary/aromatic N) is 1. The SMILES string of the molecule is CC[C@@H](C)c1ccccc1OCC(=O)N/N=C\c1ccsc1. The second-order valence-corrected chi connectivity index (χ2v) is 5.77. The number of carbonyl (C=O) groups is 1. The molecule has 1 aromatic carbocycles. The molecule has 1 amide bonds. The zero-order valence-corrected chi connectivity index (χ0v) is 13.6.